The van der Waals surface area contributed by atoms with Gasteiger partial charge in [-0.05, 0) is 26.1 Å². The van der Waals surface area contributed by atoms with Gasteiger partial charge in [0.15, 0.2) is 5.82 Å². The fraction of sp³-hybridized carbons (Fsp3) is 0.467. The molecule has 8 nitrogen and oxygen atoms in total. The van der Waals surface area contributed by atoms with Crippen molar-refractivity contribution in [1.29, 1.82) is 0 Å². The Balaban J connectivity index is 1.73. The Hall–Kier alpha value is -1.81. The van der Waals surface area contributed by atoms with Crippen molar-refractivity contribution in [2.75, 3.05) is 26.7 Å². The molecule has 9 heteroatoms. The van der Waals surface area contributed by atoms with Crippen molar-refractivity contribution in [3.05, 3.63) is 42.0 Å². The molecule has 1 fully saturated rings. The zero-order chi connectivity index (χ0) is 17.2. The third-order valence-electron chi connectivity index (χ3n) is 4.02. The van der Waals surface area contributed by atoms with E-state index in [1.54, 1.807) is 25.1 Å². The highest BCUT2D eigenvalue weighted by Crippen LogP contribution is 2.21. The lowest BCUT2D eigenvalue weighted by molar-refractivity contribution is 0.190. The highest BCUT2D eigenvalue weighted by Gasteiger charge is 2.27. The van der Waals surface area contributed by atoms with E-state index in [-0.39, 0.29) is 16.8 Å². The SMILES string of the molecule is CC(NS(=O)(=O)c1ccccc1)c1nc(C2CNCCN2C)no1. The molecule has 2 N–H and O–H groups in total. The van der Waals surface area contributed by atoms with E-state index in [1.165, 1.54) is 12.1 Å². The number of rotatable bonds is 5. The minimum atomic E-state index is -3.63. The number of nitrogens with one attached hydrogen (secondary N) is 2. The second-order valence-corrected chi connectivity index (χ2v) is 7.56. The van der Waals surface area contributed by atoms with E-state index in [4.69, 9.17) is 4.52 Å². The van der Waals surface area contributed by atoms with E-state index in [1.807, 2.05) is 7.05 Å². The van der Waals surface area contributed by atoms with Crippen LogP contribution >= 0.6 is 0 Å². The van der Waals surface area contributed by atoms with E-state index >= 15 is 0 Å². The highest BCUT2D eigenvalue weighted by atomic mass is 32.2. The summed E-state index contributed by atoms with van der Waals surface area (Å²) in [4.78, 5) is 6.72. The molecule has 2 aromatic rings. The standard InChI is InChI=1S/C15H21N5O3S/c1-11(19-24(21,22)12-6-4-3-5-7-12)15-17-14(18-23-15)13-10-16-8-9-20(13)2/h3-7,11,13,16,19H,8-10H2,1-2H3. The van der Waals surface area contributed by atoms with Gasteiger partial charge in [-0.15, -0.1) is 0 Å². The molecule has 0 bridgehead atoms. The molecule has 0 radical (unpaired) electrons. The van der Waals surface area contributed by atoms with Gasteiger partial charge >= 0.3 is 0 Å². The van der Waals surface area contributed by atoms with Gasteiger partial charge in [-0.3, -0.25) is 4.90 Å². The van der Waals surface area contributed by atoms with Gasteiger partial charge in [0, 0.05) is 19.6 Å². The van der Waals surface area contributed by atoms with Crippen molar-refractivity contribution in [2.45, 2.75) is 23.9 Å². The molecular formula is C15H21N5O3S. The van der Waals surface area contributed by atoms with Crippen LogP contribution in [0.1, 0.15) is 30.7 Å². The van der Waals surface area contributed by atoms with Gasteiger partial charge in [-0.25, -0.2) is 8.42 Å². The van der Waals surface area contributed by atoms with Crippen molar-refractivity contribution in [3.8, 4) is 0 Å². The highest BCUT2D eigenvalue weighted by molar-refractivity contribution is 7.89. The first-order chi connectivity index (χ1) is 11.5. The molecule has 3 rings (SSSR count). The van der Waals surface area contributed by atoms with Crippen LogP contribution in [0.25, 0.3) is 0 Å². The second kappa shape index (κ2) is 6.98. The normalized spacial score (nSPS) is 20.8. The van der Waals surface area contributed by atoms with Crippen LogP contribution in [-0.2, 0) is 10.0 Å². The zero-order valence-electron chi connectivity index (χ0n) is 13.6. The maximum Gasteiger partial charge on any atom is 0.244 e. The molecule has 1 aromatic heterocycles. The van der Waals surface area contributed by atoms with Crippen LogP contribution in [0, 0.1) is 0 Å². The lowest BCUT2D eigenvalue weighted by Crippen LogP contribution is -2.44. The molecule has 1 aliphatic heterocycles. The topological polar surface area (TPSA) is 100 Å². The molecule has 2 heterocycles. The lowest BCUT2D eigenvalue weighted by Gasteiger charge is -2.30. The summed E-state index contributed by atoms with van der Waals surface area (Å²) in [5.74, 6) is 0.814. The largest absolute Gasteiger partial charge is 0.338 e. The summed E-state index contributed by atoms with van der Waals surface area (Å²) in [6, 6.07) is 7.61. The Bertz CT molecular complexity index is 777. The summed E-state index contributed by atoms with van der Waals surface area (Å²) in [6.07, 6.45) is 0. The number of likely N-dealkylation sites (N-methyl/N-ethyl adjacent to an activating group) is 1. The second-order valence-electron chi connectivity index (χ2n) is 5.85. The number of hydrogen-bond acceptors (Lipinski definition) is 7. The van der Waals surface area contributed by atoms with Crippen LogP contribution in [0.4, 0.5) is 0 Å². The first-order valence-electron chi connectivity index (χ1n) is 7.79. The monoisotopic (exact) mass is 351 g/mol. The summed E-state index contributed by atoms with van der Waals surface area (Å²) in [5.41, 5.74) is 0. The van der Waals surface area contributed by atoms with E-state index in [0.717, 1.165) is 19.6 Å². The van der Waals surface area contributed by atoms with Crippen LogP contribution in [0.15, 0.2) is 39.8 Å². The average molecular weight is 351 g/mol. The molecule has 2 atom stereocenters. The maximum atomic E-state index is 12.4. The molecule has 130 valence electrons. The number of benzene rings is 1. The molecule has 0 amide bonds. The van der Waals surface area contributed by atoms with E-state index in [2.05, 4.69) is 25.1 Å². The van der Waals surface area contributed by atoms with E-state index in [0.29, 0.717) is 5.82 Å². The lowest BCUT2D eigenvalue weighted by atomic mass is 10.2. The average Bonchev–Trinajstić information content (AvgIpc) is 3.06. The van der Waals surface area contributed by atoms with E-state index in [9.17, 15) is 8.42 Å². The van der Waals surface area contributed by atoms with Gasteiger partial charge in [0.1, 0.15) is 0 Å². The molecular weight excluding hydrogens is 330 g/mol. The Morgan fingerprint density at radius 3 is 2.83 bits per heavy atom. The Kier molecular flexibility index (Phi) is 4.95. The third-order valence-corrected chi connectivity index (χ3v) is 5.58. The quantitative estimate of drug-likeness (QED) is 0.817. The van der Waals surface area contributed by atoms with Crippen molar-refractivity contribution in [3.63, 3.8) is 0 Å². The fourth-order valence-corrected chi connectivity index (χ4v) is 3.82. The number of nitrogens with zero attached hydrogens (tertiary/aromatic N) is 3. The van der Waals surface area contributed by atoms with Gasteiger partial charge in [-0.1, -0.05) is 23.4 Å². The number of sulfonamides is 1. The molecule has 0 saturated carbocycles. The van der Waals surface area contributed by atoms with Gasteiger partial charge in [0.2, 0.25) is 15.9 Å². The molecule has 1 aliphatic rings. The first-order valence-corrected chi connectivity index (χ1v) is 9.27. The Morgan fingerprint density at radius 1 is 1.38 bits per heavy atom. The van der Waals surface area contributed by atoms with Gasteiger partial charge in [-0.2, -0.15) is 9.71 Å². The Morgan fingerprint density at radius 2 is 2.12 bits per heavy atom. The van der Waals surface area contributed by atoms with Crippen molar-refractivity contribution < 1.29 is 12.9 Å². The van der Waals surface area contributed by atoms with Crippen molar-refractivity contribution >= 4 is 10.0 Å². The molecule has 2 unspecified atom stereocenters. The summed E-state index contributed by atoms with van der Waals surface area (Å²) in [6.45, 7) is 4.23. The van der Waals surface area contributed by atoms with Crippen LogP contribution in [-0.4, -0.2) is 50.1 Å². The number of piperazine rings is 1. The molecule has 24 heavy (non-hydrogen) atoms. The van der Waals surface area contributed by atoms with E-state index < -0.39 is 16.1 Å². The number of aromatic nitrogens is 2. The van der Waals surface area contributed by atoms with Gasteiger partial charge < -0.3 is 9.84 Å². The summed E-state index contributed by atoms with van der Waals surface area (Å²) in [5, 5.41) is 7.30. The minimum absolute atomic E-state index is 0.0224. The van der Waals surface area contributed by atoms with Crippen molar-refractivity contribution in [1.82, 2.24) is 25.1 Å². The van der Waals surface area contributed by atoms with Crippen LogP contribution in [0.5, 0.6) is 0 Å². The number of hydrogen-bond donors (Lipinski definition) is 2. The summed E-state index contributed by atoms with van der Waals surface area (Å²) >= 11 is 0. The molecule has 0 spiro atoms. The Labute approximate surface area is 141 Å². The summed E-state index contributed by atoms with van der Waals surface area (Å²) < 4.78 is 32.5. The fourth-order valence-electron chi connectivity index (χ4n) is 2.60. The zero-order valence-corrected chi connectivity index (χ0v) is 14.5. The van der Waals surface area contributed by atoms with Crippen LogP contribution in [0.3, 0.4) is 0 Å². The van der Waals surface area contributed by atoms with Gasteiger partial charge in [0.25, 0.3) is 0 Å². The molecule has 1 aromatic carbocycles. The van der Waals surface area contributed by atoms with Crippen LogP contribution in [0.2, 0.25) is 0 Å². The first kappa shape index (κ1) is 17.0. The van der Waals surface area contributed by atoms with Crippen molar-refractivity contribution in [2.24, 2.45) is 0 Å². The maximum absolute atomic E-state index is 12.4. The smallest absolute Gasteiger partial charge is 0.244 e. The predicted molar refractivity (Wildman–Crippen MR) is 87.7 cm³/mol. The molecule has 1 saturated heterocycles. The molecule has 0 aliphatic carbocycles. The summed E-state index contributed by atoms with van der Waals surface area (Å²) in [7, 11) is -1.63. The third kappa shape index (κ3) is 3.64. The minimum Gasteiger partial charge on any atom is -0.338 e. The van der Waals surface area contributed by atoms with Crippen LogP contribution < -0.4 is 10.0 Å². The predicted octanol–water partition coefficient (Wildman–Crippen LogP) is 0.685. The van der Waals surface area contributed by atoms with Gasteiger partial charge in [0.05, 0.1) is 17.0 Å².